The maximum absolute atomic E-state index is 12.4. The molecule has 0 radical (unpaired) electrons. The molecule has 0 aliphatic carbocycles. The van der Waals surface area contributed by atoms with Gasteiger partial charge in [0.2, 0.25) is 11.8 Å². The number of nitrogens with one attached hydrogen (secondary N) is 6. The Morgan fingerprint density at radius 2 is 0.702 bits per heavy atom. The molecule has 3 amide bonds. The van der Waals surface area contributed by atoms with E-state index in [0.717, 1.165) is 6.08 Å². The van der Waals surface area contributed by atoms with Gasteiger partial charge in [0, 0.05) is 46.3 Å². The van der Waals surface area contributed by atoms with Crippen LogP contribution in [-0.2, 0) is 44.5 Å². The first-order valence-corrected chi connectivity index (χ1v) is 29.2. The van der Waals surface area contributed by atoms with Crippen LogP contribution in [0, 0.1) is 35.5 Å². The molecule has 0 saturated heterocycles. The highest BCUT2D eigenvalue weighted by Crippen LogP contribution is 2.21. The van der Waals surface area contributed by atoms with Crippen LogP contribution in [0.25, 0.3) is 0 Å². The zero-order valence-corrected chi connectivity index (χ0v) is 46.6. The molecule has 0 saturated carbocycles. The number of para-hydroxylation sites is 4. The molecule has 8 aromatic carbocycles. The molecule has 0 heterocycles. The van der Waals surface area contributed by atoms with E-state index in [1.165, 1.54) is 72.3 Å². The predicted molar refractivity (Wildman–Crippen MR) is 328 cm³/mol. The van der Waals surface area contributed by atoms with Gasteiger partial charge < -0.3 is 22.1 Å². The van der Waals surface area contributed by atoms with Crippen molar-refractivity contribution in [3.05, 3.63) is 265 Å². The summed E-state index contributed by atoms with van der Waals surface area (Å²) in [6, 6.07) is 58.0. The average molecular weight is 1180 g/mol. The second-order valence-electron chi connectivity index (χ2n) is 16.9. The van der Waals surface area contributed by atoms with Gasteiger partial charge in [-0.1, -0.05) is 120 Å². The fourth-order valence-corrected chi connectivity index (χ4v) is 9.91. The molecule has 11 N–H and O–H groups in total. The number of hydroxylamine groups is 1. The van der Waals surface area contributed by atoms with Crippen LogP contribution >= 0.6 is 0 Å². The quantitative estimate of drug-likeness (QED) is 0.0162. The maximum atomic E-state index is 12.4. The first-order valence-electron chi connectivity index (χ1n) is 24.7. The molecular weight excluding hydrogens is 1120 g/mol. The lowest BCUT2D eigenvalue weighted by atomic mass is 10.2. The lowest BCUT2D eigenvalue weighted by Crippen LogP contribution is -2.14. The summed E-state index contributed by atoms with van der Waals surface area (Å²) in [5.41, 5.74) is 18.2. The van der Waals surface area contributed by atoms with Gasteiger partial charge in [0.25, 0.3) is 36.0 Å². The topological polar surface area (TPSA) is 298 Å². The van der Waals surface area contributed by atoms with Crippen molar-refractivity contribution in [2.24, 2.45) is 0 Å². The second kappa shape index (κ2) is 31.0. The van der Waals surface area contributed by atoms with Crippen molar-refractivity contribution < 1.29 is 44.8 Å². The van der Waals surface area contributed by atoms with Crippen LogP contribution in [0.3, 0.4) is 0 Å². The van der Waals surface area contributed by atoms with Crippen LogP contribution in [0.2, 0.25) is 0 Å². The van der Waals surface area contributed by atoms with E-state index in [2.05, 4.69) is 60.3 Å². The fraction of sp³-hybridized carbons (Fsp3) is 0. The van der Waals surface area contributed by atoms with E-state index in [1.807, 2.05) is 0 Å². The Hall–Kier alpha value is -11.1. The number of sulfonamides is 3. The van der Waals surface area contributed by atoms with Crippen LogP contribution in [-0.4, -0.2) is 48.2 Å². The highest BCUT2D eigenvalue weighted by atomic mass is 32.2. The lowest BCUT2D eigenvalue weighted by molar-refractivity contribution is -0.124. The molecule has 0 aliphatic rings. The van der Waals surface area contributed by atoms with E-state index < -0.39 is 36.0 Å². The van der Waals surface area contributed by atoms with Crippen molar-refractivity contribution in [1.29, 1.82) is 0 Å². The SMILES string of the molecule is Nc1ccccc1NC(=O)/C=C/C#Cc1ccc(NS(=O)(=O)c2ccccc2)cc1.Nc1ccccc1NC(=O)/C=C/C#Cc1cccc(NS(=O)(=O)c2ccccc2)c1.O=C(/C=C/C#Cc1ccc(NS(=O)(=O)c2ccccc2)cc1)NO. The van der Waals surface area contributed by atoms with Crippen LogP contribution in [0.4, 0.5) is 39.8 Å². The van der Waals surface area contributed by atoms with Crippen molar-refractivity contribution in [1.82, 2.24) is 5.48 Å². The van der Waals surface area contributed by atoms with E-state index in [9.17, 15) is 39.6 Å². The fourth-order valence-electron chi connectivity index (χ4n) is 6.68. The number of carbonyl (C=O) groups excluding carboxylic acids is 3. The van der Waals surface area contributed by atoms with Gasteiger partial charge in [0.1, 0.15) is 0 Å². The normalized spacial score (nSPS) is 10.8. The van der Waals surface area contributed by atoms with Crippen LogP contribution in [0.1, 0.15) is 16.7 Å². The van der Waals surface area contributed by atoms with E-state index in [1.54, 1.807) is 176 Å². The highest BCUT2D eigenvalue weighted by molar-refractivity contribution is 7.93. The standard InChI is InChI=1S/2C23H19N3O3S.C17H14N2O4S/c24-21-14-5-6-15-22(21)25-23(27)16-7-4-9-18-10-8-11-19(17-18)26-30(28,29)20-12-2-1-3-13-20;24-21-11-5-6-12-22(21)25-23(27)13-7-4-8-18-14-16-19(17-15-18)26-30(28,29)20-9-2-1-3-10-20;20-17(18-21)9-5-4-6-14-10-12-15(13-11-14)19-24(22,23)16-7-2-1-3-8-16/h1-3,5-8,10-17,26H,24H2,(H,25,27);1-3,5-7,9-17,26H,24H2,(H,25,27);1-3,5,7-13,19,21H,(H,18,20)/b16-7+;13-7+;9-5+. The third-order valence-electron chi connectivity index (χ3n) is 10.7. The number of hydrogen-bond acceptors (Lipinski definition) is 12. The largest absolute Gasteiger partial charge is 0.397 e. The molecule has 21 heteroatoms. The number of anilines is 7. The third kappa shape index (κ3) is 20.8. The van der Waals surface area contributed by atoms with Gasteiger partial charge >= 0.3 is 0 Å². The number of allylic oxidation sites excluding steroid dienone is 3. The molecule has 0 fully saturated rings. The van der Waals surface area contributed by atoms with Crippen molar-refractivity contribution in [2.75, 3.05) is 36.3 Å². The summed E-state index contributed by atoms with van der Waals surface area (Å²) >= 11 is 0. The van der Waals surface area contributed by atoms with Crippen LogP contribution in [0.15, 0.2) is 263 Å². The lowest BCUT2D eigenvalue weighted by Gasteiger charge is -2.08. The van der Waals surface area contributed by atoms with Crippen molar-refractivity contribution in [2.45, 2.75) is 14.7 Å². The maximum Gasteiger partial charge on any atom is 0.267 e. The monoisotopic (exact) mass is 1180 g/mol. The Labute approximate surface area is 487 Å². The van der Waals surface area contributed by atoms with Crippen molar-refractivity contribution in [3.63, 3.8) is 0 Å². The molecule has 0 unspecified atom stereocenters. The number of benzene rings is 8. The number of amides is 3. The summed E-state index contributed by atoms with van der Waals surface area (Å²) < 4.78 is 81.4. The summed E-state index contributed by atoms with van der Waals surface area (Å²) in [6.45, 7) is 0. The smallest absolute Gasteiger partial charge is 0.267 e. The molecule has 422 valence electrons. The van der Waals surface area contributed by atoms with Gasteiger partial charge in [0.05, 0.1) is 43.1 Å². The zero-order chi connectivity index (χ0) is 60.2. The first kappa shape index (κ1) is 62.1. The van der Waals surface area contributed by atoms with Crippen LogP contribution in [0.5, 0.6) is 0 Å². The number of carbonyl (C=O) groups is 3. The third-order valence-corrected chi connectivity index (χ3v) is 14.9. The molecule has 18 nitrogen and oxygen atoms in total. The predicted octanol–water partition coefficient (Wildman–Crippen LogP) is 9.13. The minimum atomic E-state index is -3.68. The second-order valence-corrected chi connectivity index (χ2v) is 22.0. The Morgan fingerprint density at radius 3 is 1.07 bits per heavy atom. The van der Waals surface area contributed by atoms with E-state index in [-0.39, 0.29) is 26.5 Å². The molecular formula is C63H52N8O10S3. The van der Waals surface area contributed by atoms with Gasteiger partial charge in [-0.05, 0) is 146 Å². The summed E-state index contributed by atoms with van der Waals surface area (Å²) in [4.78, 5) is 35.1. The number of hydrogen-bond donors (Lipinski definition) is 9. The molecule has 8 rings (SSSR count). The van der Waals surface area contributed by atoms with Gasteiger partial charge in [-0.2, -0.15) is 0 Å². The molecule has 0 aromatic heterocycles. The zero-order valence-electron chi connectivity index (χ0n) is 44.2. The van der Waals surface area contributed by atoms with Gasteiger partial charge in [0.15, 0.2) is 0 Å². The summed E-state index contributed by atoms with van der Waals surface area (Å²) in [7, 11) is -10.9. The van der Waals surface area contributed by atoms with Gasteiger partial charge in [-0.3, -0.25) is 33.8 Å². The van der Waals surface area contributed by atoms with E-state index in [0.29, 0.717) is 56.5 Å². The molecule has 8 aromatic rings. The van der Waals surface area contributed by atoms with Crippen molar-refractivity contribution in [3.8, 4) is 35.5 Å². The van der Waals surface area contributed by atoms with Gasteiger partial charge in [-0.15, -0.1) is 0 Å². The Balaban J connectivity index is 0.000000204. The van der Waals surface area contributed by atoms with E-state index in [4.69, 9.17) is 16.7 Å². The summed E-state index contributed by atoms with van der Waals surface area (Å²) in [5.74, 6) is 15.3. The molecule has 0 bridgehead atoms. The average Bonchev–Trinajstić information content (AvgIpc) is 3.57. The number of rotatable bonds is 14. The van der Waals surface area contributed by atoms with Gasteiger partial charge in [-0.25, -0.2) is 30.7 Å². The Morgan fingerprint density at radius 1 is 0.369 bits per heavy atom. The van der Waals surface area contributed by atoms with Crippen molar-refractivity contribution >= 4 is 87.6 Å². The highest BCUT2D eigenvalue weighted by Gasteiger charge is 2.15. The first-order chi connectivity index (χ1) is 40.4. The van der Waals surface area contributed by atoms with E-state index >= 15 is 0 Å². The minimum Gasteiger partial charge on any atom is -0.397 e. The van der Waals surface area contributed by atoms with Crippen LogP contribution < -0.4 is 41.7 Å². The summed E-state index contributed by atoms with van der Waals surface area (Å²) in [6.07, 6.45) is 7.81. The molecule has 0 aliphatic heterocycles. The molecule has 0 atom stereocenters. The summed E-state index contributed by atoms with van der Waals surface area (Å²) in [5, 5.41) is 13.6. The number of nitrogens with two attached hydrogens (primary N) is 2. The Kier molecular flexibility index (Phi) is 22.9. The molecule has 0 spiro atoms. The Bertz CT molecular complexity index is 4230. The molecule has 84 heavy (non-hydrogen) atoms. The number of nitrogen functional groups attached to an aromatic ring is 2. The minimum absolute atomic E-state index is 0.175.